The number of aromatic nitrogens is 1. The highest BCUT2D eigenvalue weighted by molar-refractivity contribution is 5.94. The summed E-state index contributed by atoms with van der Waals surface area (Å²) in [7, 11) is 5.32. The smallest absolute Gasteiger partial charge is 0.308 e. The molecule has 0 aromatic carbocycles. The molecular weight excluding hydrogens is 246 g/mol. The van der Waals surface area contributed by atoms with E-state index >= 15 is 0 Å². The zero-order chi connectivity index (χ0) is 14.6. The molecule has 0 saturated carbocycles. The number of amides is 1. The van der Waals surface area contributed by atoms with E-state index in [2.05, 4.69) is 4.98 Å². The van der Waals surface area contributed by atoms with Crippen molar-refractivity contribution < 1.29 is 14.7 Å². The lowest BCUT2D eigenvalue weighted by molar-refractivity contribution is -0.141. The van der Waals surface area contributed by atoms with E-state index in [1.54, 1.807) is 26.1 Å². The summed E-state index contributed by atoms with van der Waals surface area (Å²) in [5, 5.41) is 8.82. The highest BCUT2D eigenvalue weighted by Crippen LogP contribution is 2.10. The maximum absolute atomic E-state index is 12.1. The Hall–Kier alpha value is -2.11. The first-order valence-corrected chi connectivity index (χ1v) is 5.94. The summed E-state index contributed by atoms with van der Waals surface area (Å²) in [6, 6.07) is 3.44. The normalized spacial score (nSPS) is 11.8. The molecule has 1 heterocycles. The third-order valence-corrected chi connectivity index (χ3v) is 2.77. The van der Waals surface area contributed by atoms with Crippen LogP contribution in [0.25, 0.3) is 0 Å². The second-order valence-electron chi connectivity index (χ2n) is 4.72. The molecule has 0 aliphatic rings. The number of rotatable bonds is 5. The molecule has 0 saturated heterocycles. The fourth-order valence-electron chi connectivity index (χ4n) is 1.57. The van der Waals surface area contributed by atoms with Crippen LogP contribution in [0.15, 0.2) is 18.3 Å². The van der Waals surface area contributed by atoms with Crippen molar-refractivity contribution in [1.82, 2.24) is 9.88 Å². The summed E-state index contributed by atoms with van der Waals surface area (Å²) in [5.41, 5.74) is 0.450. The molecule has 0 bridgehead atoms. The number of carboxylic acids is 1. The maximum Gasteiger partial charge on any atom is 0.308 e. The summed E-state index contributed by atoms with van der Waals surface area (Å²) in [6.07, 6.45) is 1.50. The lowest BCUT2D eigenvalue weighted by Gasteiger charge is -2.19. The van der Waals surface area contributed by atoms with Gasteiger partial charge in [0.2, 0.25) is 0 Å². The molecule has 0 aliphatic carbocycles. The summed E-state index contributed by atoms with van der Waals surface area (Å²) >= 11 is 0. The van der Waals surface area contributed by atoms with E-state index < -0.39 is 11.9 Å². The molecule has 6 heteroatoms. The Labute approximate surface area is 112 Å². The highest BCUT2D eigenvalue weighted by Gasteiger charge is 2.18. The van der Waals surface area contributed by atoms with Gasteiger partial charge in [-0.3, -0.25) is 9.59 Å². The predicted molar refractivity (Wildman–Crippen MR) is 72.3 cm³/mol. The number of anilines is 1. The van der Waals surface area contributed by atoms with Gasteiger partial charge in [-0.15, -0.1) is 0 Å². The summed E-state index contributed by atoms with van der Waals surface area (Å²) in [6.45, 7) is 1.74. The third kappa shape index (κ3) is 3.94. The minimum Gasteiger partial charge on any atom is -0.481 e. The van der Waals surface area contributed by atoms with E-state index in [1.165, 1.54) is 11.1 Å². The number of carboxylic acid groups (broad SMARTS) is 1. The third-order valence-electron chi connectivity index (χ3n) is 2.77. The second-order valence-corrected chi connectivity index (χ2v) is 4.72. The Morgan fingerprint density at radius 1 is 1.32 bits per heavy atom. The minimum absolute atomic E-state index is 0.170. The number of hydrogen-bond donors (Lipinski definition) is 1. The lowest BCUT2D eigenvalue weighted by atomic mass is 10.1. The quantitative estimate of drug-likeness (QED) is 0.857. The number of carbonyl (C=O) groups is 2. The van der Waals surface area contributed by atoms with Gasteiger partial charge in [0.25, 0.3) is 5.91 Å². The van der Waals surface area contributed by atoms with Gasteiger partial charge in [-0.25, -0.2) is 4.98 Å². The molecule has 104 valence electrons. The van der Waals surface area contributed by atoms with Crippen molar-refractivity contribution in [3.8, 4) is 0 Å². The van der Waals surface area contributed by atoms with Crippen LogP contribution in [0.5, 0.6) is 0 Å². The van der Waals surface area contributed by atoms with Crippen LogP contribution in [-0.2, 0) is 4.79 Å². The van der Waals surface area contributed by atoms with Crippen LogP contribution in [0.1, 0.15) is 17.3 Å². The number of hydrogen-bond acceptors (Lipinski definition) is 4. The molecular formula is C13H19N3O3. The van der Waals surface area contributed by atoms with Gasteiger partial charge in [0.1, 0.15) is 5.82 Å². The fourth-order valence-corrected chi connectivity index (χ4v) is 1.57. The minimum atomic E-state index is -0.916. The molecule has 1 aromatic rings. The van der Waals surface area contributed by atoms with Crippen LogP contribution in [0.2, 0.25) is 0 Å². The largest absolute Gasteiger partial charge is 0.481 e. The van der Waals surface area contributed by atoms with Crippen molar-refractivity contribution in [2.45, 2.75) is 6.92 Å². The first-order valence-electron chi connectivity index (χ1n) is 5.94. The molecule has 1 N–H and O–H groups in total. The van der Waals surface area contributed by atoms with Gasteiger partial charge in [0.05, 0.1) is 11.5 Å². The Morgan fingerprint density at radius 2 is 1.95 bits per heavy atom. The van der Waals surface area contributed by atoms with Crippen molar-refractivity contribution in [3.05, 3.63) is 23.9 Å². The van der Waals surface area contributed by atoms with Crippen LogP contribution in [-0.4, -0.2) is 54.6 Å². The van der Waals surface area contributed by atoms with Gasteiger partial charge in [-0.1, -0.05) is 6.92 Å². The van der Waals surface area contributed by atoms with Gasteiger partial charge in [-0.2, -0.15) is 0 Å². The lowest BCUT2D eigenvalue weighted by Crippen LogP contribution is -2.33. The second kappa shape index (κ2) is 6.17. The number of carbonyl (C=O) groups excluding carboxylic acids is 1. The molecule has 19 heavy (non-hydrogen) atoms. The molecule has 0 fully saturated rings. The van der Waals surface area contributed by atoms with Crippen molar-refractivity contribution in [1.29, 1.82) is 0 Å². The average Bonchev–Trinajstić information content (AvgIpc) is 2.37. The average molecular weight is 265 g/mol. The van der Waals surface area contributed by atoms with Crippen molar-refractivity contribution in [2.75, 3.05) is 32.6 Å². The first kappa shape index (κ1) is 14.9. The maximum atomic E-state index is 12.1. The van der Waals surface area contributed by atoms with Crippen LogP contribution in [0.3, 0.4) is 0 Å². The van der Waals surface area contributed by atoms with E-state index in [1.807, 2.05) is 19.0 Å². The summed E-state index contributed by atoms with van der Waals surface area (Å²) in [4.78, 5) is 30.2. The Bertz CT molecular complexity index is 457. The van der Waals surface area contributed by atoms with Gasteiger partial charge < -0.3 is 14.9 Å². The number of aliphatic carboxylic acids is 1. The molecule has 0 radical (unpaired) electrons. The molecule has 0 aliphatic heterocycles. The van der Waals surface area contributed by atoms with E-state index in [9.17, 15) is 9.59 Å². The van der Waals surface area contributed by atoms with Gasteiger partial charge in [0, 0.05) is 33.9 Å². The van der Waals surface area contributed by atoms with Crippen LogP contribution in [0, 0.1) is 5.92 Å². The van der Waals surface area contributed by atoms with E-state index in [0.717, 1.165) is 5.82 Å². The van der Waals surface area contributed by atoms with E-state index in [-0.39, 0.29) is 12.5 Å². The molecule has 0 spiro atoms. The molecule has 1 atom stereocenters. The monoisotopic (exact) mass is 265 g/mol. The van der Waals surface area contributed by atoms with Crippen LogP contribution in [0.4, 0.5) is 5.82 Å². The summed E-state index contributed by atoms with van der Waals surface area (Å²) < 4.78 is 0. The van der Waals surface area contributed by atoms with Crippen LogP contribution >= 0.6 is 0 Å². The standard InChI is InChI=1S/C13H19N3O3/c1-9(13(18)19)8-16(4)12(17)10-5-6-11(14-7-10)15(2)3/h5-7,9H,8H2,1-4H3,(H,18,19). The zero-order valence-corrected chi connectivity index (χ0v) is 11.6. The van der Waals surface area contributed by atoms with Crippen molar-refractivity contribution in [2.24, 2.45) is 5.92 Å². The Balaban J connectivity index is 2.74. The van der Waals surface area contributed by atoms with Gasteiger partial charge >= 0.3 is 5.97 Å². The fraction of sp³-hybridized carbons (Fsp3) is 0.462. The molecule has 1 amide bonds. The number of pyridine rings is 1. The molecule has 1 rings (SSSR count). The zero-order valence-electron chi connectivity index (χ0n) is 11.6. The van der Waals surface area contributed by atoms with Gasteiger partial charge in [0.15, 0.2) is 0 Å². The molecule has 6 nitrogen and oxygen atoms in total. The highest BCUT2D eigenvalue weighted by atomic mass is 16.4. The van der Waals surface area contributed by atoms with Crippen LogP contribution < -0.4 is 4.90 Å². The molecule has 1 aromatic heterocycles. The molecule has 1 unspecified atom stereocenters. The van der Waals surface area contributed by atoms with Crippen molar-refractivity contribution >= 4 is 17.7 Å². The predicted octanol–water partition coefficient (Wildman–Crippen LogP) is 0.940. The topological polar surface area (TPSA) is 73.7 Å². The van der Waals surface area contributed by atoms with Crippen molar-refractivity contribution in [3.63, 3.8) is 0 Å². The summed E-state index contributed by atoms with van der Waals surface area (Å²) in [5.74, 6) is -0.979. The Kier molecular flexibility index (Phi) is 4.86. The Morgan fingerprint density at radius 3 is 2.37 bits per heavy atom. The van der Waals surface area contributed by atoms with Gasteiger partial charge in [-0.05, 0) is 12.1 Å². The first-order chi connectivity index (χ1) is 8.82. The van der Waals surface area contributed by atoms with E-state index in [0.29, 0.717) is 5.56 Å². The van der Waals surface area contributed by atoms with E-state index in [4.69, 9.17) is 5.11 Å². The SMILES string of the molecule is CC(CN(C)C(=O)c1ccc(N(C)C)nc1)C(=O)O. The number of nitrogens with zero attached hydrogens (tertiary/aromatic N) is 3.